The first kappa shape index (κ1) is 15.0. The highest BCUT2D eigenvalue weighted by atomic mass is 35.5. The monoisotopic (exact) mass is 338 g/mol. The van der Waals surface area contributed by atoms with Crippen LogP contribution in [-0.2, 0) is 10.0 Å². The molecule has 1 heterocycles. The second-order valence-corrected chi connectivity index (χ2v) is 7.13. The summed E-state index contributed by atoms with van der Waals surface area (Å²) in [6.07, 6.45) is 0. The van der Waals surface area contributed by atoms with Crippen LogP contribution in [-0.4, -0.2) is 28.6 Å². The molecule has 1 aliphatic rings. The predicted molar refractivity (Wildman–Crippen MR) is 87.5 cm³/mol. The summed E-state index contributed by atoms with van der Waals surface area (Å²) in [6, 6.07) is 11.3. The molecular formula is C15H15ClN2O3S. The zero-order chi connectivity index (χ0) is 15.7. The van der Waals surface area contributed by atoms with E-state index in [1.807, 2.05) is 11.9 Å². The fraction of sp³-hybridized carbons (Fsp3) is 0.200. The molecule has 0 unspecified atom stereocenters. The third-order valence-electron chi connectivity index (χ3n) is 3.43. The fourth-order valence-corrected chi connectivity index (χ4v) is 3.43. The number of halogens is 1. The number of hydrogen-bond donors (Lipinski definition) is 1. The Labute approximate surface area is 134 Å². The van der Waals surface area contributed by atoms with Gasteiger partial charge in [-0.1, -0.05) is 11.6 Å². The number of anilines is 2. The number of ether oxygens (including phenoxy) is 1. The molecule has 0 aliphatic carbocycles. The van der Waals surface area contributed by atoms with Crippen LogP contribution in [0.5, 0.6) is 5.75 Å². The van der Waals surface area contributed by atoms with Crippen LogP contribution in [0.4, 0.5) is 11.4 Å². The maximum absolute atomic E-state index is 12.5. The van der Waals surface area contributed by atoms with Crippen LogP contribution in [0.2, 0.25) is 5.02 Å². The van der Waals surface area contributed by atoms with Crippen molar-refractivity contribution in [3.05, 3.63) is 47.5 Å². The van der Waals surface area contributed by atoms with Gasteiger partial charge in [0, 0.05) is 17.8 Å². The molecule has 3 rings (SSSR count). The Morgan fingerprint density at radius 1 is 1.18 bits per heavy atom. The first-order valence-corrected chi connectivity index (χ1v) is 8.58. The van der Waals surface area contributed by atoms with E-state index in [-0.39, 0.29) is 4.90 Å². The Kier molecular flexibility index (Phi) is 3.88. The molecule has 0 atom stereocenters. The minimum absolute atomic E-state index is 0.193. The molecule has 1 aliphatic heterocycles. The van der Waals surface area contributed by atoms with Crippen molar-refractivity contribution < 1.29 is 13.2 Å². The van der Waals surface area contributed by atoms with Gasteiger partial charge in [0.1, 0.15) is 12.4 Å². The Morgan fingerprint density at radius 2 is 1.91 bits per heavy atom. The van der Waals surface area contributed by atoms with Crippen molar-refractivity contribution >= 4 is 33.0 Å². The molecule has 0 bridgehead atoms. The summed E-state index contributed by atoms with van der Waals surface area (Å²) in [5.41, 5.74) is 1.23. The van der Waals surface area contributed by atoms with Crippen molar-refractivity contribution in [3.8, 4) is 5.75 Å². The first-order chi connectivity index (χ1) is 10.5. The van der Waals surface area contributed by atoms with E-state index < -0.39 is 10.0 Å². The van der Waals surface area contributed by atoms with Gasteiger partial charge < -0.3 is 9.64 Å². The number of nitrogens with one attached hydrogen (secondary N) is 1. The van der Waals surface area contributed by atoms with E-state index in [1.165, 1.54) is 6.07 Å². The van der Waals surface area contributed by atoms with Crippen molar-refractivity contribution in [2.45, 2.75) is 4.90 Å². The molecule has 7 heteroatoms. The van der Waals surface area contributed by atoms with E-state index in [0.29, 0.717) is 23.1 Å². The highest BCUT2D eigenvalue weighted by Crippen LogP contribution is 2.33. The van der Waals surface area contributed by atoms with E-state index in [4.69, 9.17) is 16.3 Å². The lowest BCUT2D eigenvalue weighted by Crippen LogP contribution is -2.29. The fourth-order valence-electron chi connectivity index (χ4n) is 2.23. The van der Waals surface area contributed by atoms with Gasteiger partial charge in [-0.05, 0) is 42.5 Å². The highest BCUT2D eigenvalue weighted by molar-refractivity contribution is 7.92. The molecule has 2 aromatic carbocycles. The lowest BCUT2D eigenvalue weighted by atomic mass is 10.2. The number of hydrogen-bond acceptors (Lipinski definition) is 4. The molecule has 116 valence electrons. The van der Waals surface area contributed by atoms with Gasteiger partial charge in [0.25, 0.3) is 10.0 Å². The molecule has 5 nitrogen and oxygen atoms in total. The summed E-state index contributed by atoms with van der Waals surface area (Å²) in [7, 11) is -1.75. The molecule has 0 spiro atoms. The van der Waals surface area contributed by atoms with Crippen molar-refractivity contribution in [2.75, 3.05) is 29.8 Å². The van der Waals surface area contributed by atoms with Gasteiger partial charge in [0.2, 0.25) is 0 Å². The number of benzene rings is 2. The van der Waals surface area contributed by atoms with Crippen molar-refractivity contribution in [2.24, 2.45) is 0 Å². The third-order valence-corrected chi connectivity index (χ3v) is 5.06. The summed E-state index contributed by atoms with van der Waals surface area (Å²) in [5, 5.41) is 0.551. The van der Waals surface area contributed by atoms with Gasteiger partial charge in [-0.25, -0.2) is 8.42 Å². The summed E-state index contributed by atoms with van der Waals surface area (Å²) in [5.74, 6) is 0.694. The van der Waals surface area contributed by atoms with Gasteiger partial charge in [0.15, 0.2) is 0 Å². The van der Waals surface area contributed by atoms with Crippen molar-refractivity contribution in [3.63, 3.8) is 0 Å². The number of likely N-dealkylation sites (N-methyl/N-ethyl adjacent to an activating group) is 1. The summed E-state index contributed by atoms with van der Waals surface area (Å²) < 4.78 is 33.0. The molecule has 2 aromatic rings. The second-order valence-electron chi connectivity index (χ2n) is 5.01. The predicted octanol–water partition coefficient (Wildman–Crippen LogP) is 2.97. The molecule has 0 fully saturated rings. The maximum Gasteiger partial charge on any atom is 0.261 e. The van der Waals surface area contributed by atoms with Gasteiger partial charge in [0.05, 0.1) is 17.1 Å². The van der Waals surface area contributed by atoms with Crippen LogP contribution < -0.4 is 14.4 Å². The van der Waals surface area contributed by atoms with E-state index in [9.17, 15) is 8.42 Å². The van der Waals surface area contributed by atoms with Gasteiger partial charge in [-0.2, -0.15) is 0 Å². The number of sulfonamides is 1. The third kappa shape index (κ3) is 2.98. The zero-order valence-corrected chi connectivity index (χ0v) is 13.5. The first-order valence-electron chi connectivity index (χ1n) is 6.72. The molecule has 0 saturated heterocycles. The SMILES string of the molecule is CN1CCOc2ccc(S(=O)(=O)Nc3ccc(Cl)cc3)cc21. The van der Waals surface area contributed by atoms with Crippen LogP contribution in [0.3, 0.4) is 0 Å². The molecule has 0 radical (unpaired) electrons. The zero-order valence-electron chi connectivity index (χ0n) is 11.9. The van der Waals surface area contributed by atoms with E-state index in [1.54, 1.807) is 36.4 Å². The van der Waals surface area contributed by atoms with Crippen LogP contribution in [0.25, 0.3) is 0 Å². The molecule has 1 N–H and O–H groups in total. The van der Waals surface area contributed by atoms with Crippen LogP contribution in [0.15, 0.2) is 47.4 Å². The Balaban J connectivity index is 1.92. The Hall–Kier alpha value is -1.92. The molecule has 22 heavy (non-hydrogen) atoms. The van der Waals surface area contributed by atoms with Gasteiger partial charge >= 0.3 is 0 Å². The maximum atomic E-state index is 12.5. The quantitative estimate of drug-likeness (QED) is 0.934. The Morgan fingerprint density at radius 3 is 2.64 bits per heavy atom. The summed E-state index contributed by atoms with van der Waals surface area (Å²) in [4.78, 5) is 2.17. The summed E-state index contributed by atoms with van der Waals surface area (Å²) in [6.45, 7) is 1.32. The van der Waals surface area contributed by atoms with Gasteiger partial charge in [-0.3, -0.25) is 4.72 Å². The number of nitrogens with zero attached hydrogens (tertiary/aromatic N) is 1. The smallest absolute Gasteiger partial charge is 0.261 e. The second kappa shape index (κ2) is 5.70. The van der Waals surface area contributed by atoms with Crippen molar-refractivity contribution in [1.82, 2.24) is 0 Å². The standard InChI is InChI=1S/C15H15ClN2O3S/c1-18-8-9-21-15-7-6-13(10-14(15)18)22(19,20)17-12-4-2-11(16)3-5-12/h2-7,10,17H,8-9H2,1H3. The lowest BCUT2D eigenvalue weighted by Gasteiger charge is -2.28. The minimum Gasteiger partial charge on any atom is -0.490 e. The summed E-state index contributed by atoms with van der Waals surface area (Å²) >= 11 is 5.80. The minimum atomic E-state index is -3.66. The van der Waals surface area contributed by atoms with Crippen LogP contribution in [0.1, 0.15) is 0 Å². The highest BCUT2D eigenvalue weighted by Gasteiger charge is 2.20. The number of rotatable bonds is 3. The van der Waals surface area contributed by atoms with Gasteiger partial charge in [-0.15, -0.1) is 0 Å². The average Bonchev–Trinajstić information content (AvgIpc) is 2.49. The van der Waals surface area contributed by atoms with E-state index in [2.05, 4.69) is 4.72 Å². The largest absolute Gasteiger partial charge is 0.490 e. The molecular weight excluding hydrogens is 324 g/mol. The molecule has 0 saturated carbocycles. The lowest BCUT2D eigenvalue weighted by molar-refractivity contribution is 0.311. The van der Waals surface area contributed by atoms with Crippen LogP contribution in [0, 0.1) is 0 Å². The van der Waals surface area contributed by atoms with Crippen LogP contribution >= 0.6 is 11.6 Å². The molecule has 0 amide bonds. The number of fused-ring (bicyclic) bond motifs is 1. The normalized spacial score (nSPS) is 14.2. The van der Waals surface area contributed by atoms with E-state index in [0.717, 1.165) is 12.2 Å². The topological polar surface area (TPSA) is 58.6 Å². The average molecular weight is 339 g/mol. The molecule has 0 aromatic heterocycles. The van der Waals surface area contributed by atoms with Crippen molar-refractivity contribution in [1.29, 1.82) is 0 Å². The van der Waals surface area contributed by atoms with E-state index >= 15 is 0 Å². The Bertz CT molecular complexity index is 791.